The summed E-state index contributed by atoms with van der Waals surface area (Å²) in [4.78, 5) is 26.2. The maximum absolute atomic E-state index is 13.4. The third-order valence-electron chi connectivity index (χ3n) is 4.48. The topological polar surface area (TPSA) is 73.0 Å². The summed E-state index contributed by atoms with van der Waals surface area (Å²) in [5.74, 6) is -0.491. The quantitative estimate of drug-likeness (QED) is 0.715. The van der Waals surface area contributed by atoms with E-state index >= 15 is 0 Å². The van der Waals surface area contributed by atoms with Gasteiger partial charge in [0, 0.05) is 38.0 Å². The number of likely N-dealkylation sites (tertiary alicyclic amines) is 1. The van der Waals surface area contributed by atoms with Gasteiger partial charge < -0.3 is 4.90 Å². The number of aryl methyl sites for hydroxylation is 1. The zero-order valence-corrected chi connectivity index (χ0v) is 14.0. The van der Waals surface area contributed by atoms with Crippen molar-refractivity contribution in [2.75, 3.05) is 13.1 Å². The highest BCUT2D eigenvalue weighted by Gasteiger charge is 2.34. The number of amides is 1. The Morgan fingerprint density at radius 2 is 2.00 bits per heavy atom. The van der Waals surface area contributed by atoms with E-state index in [-0.39, 0.29) is 23.3 Å². The molecule has 1 amide bonds. The van der Waals surface area contributed by atoms with Crippen molar-refractivity contribution in [2.24, 2.45) is 7.05 Å². The standard InChI is InChI=1S/C18H16FN5O2/c1-22-16(7-8-20-22)18(26)23-10-14(11-23)24-17(25)6-5-15(21-24)12-3-2-4-13(19)9-12/h2-9,14H,10-11H2,1H3. The Hall–Kier alpha value is -3.29. The summed E-state index contributed by atoms with van der Waals surface area (Å²) in [7, 11) is 1.71. The molecule has 1 saturated heterocycles. The van der Waals surface area contributed by atoms with Gasteiger partial charge in [-0.3, -0.25) is 14.3 Å². The van der Waals surface area contributed by atoms with E-state index in [4.69, 9.17) is 0 Å². The maximum Gasteiger partial charge on any atom is 0.272 e. The molecule has 1 aliphatic rings. The van der Waals surface area contributed by atoms with Crippen molar-refractivity contribution in [1.29, 1.82) is 0 Å². The van der Waals surface area contributed by atoms with Crippen LogP contribution in [0.1, 0.15) is 16.5 Å². The fourth-order valence-corrected chi connectivity index (χ4v) is 3.01. The lowest BCUT2D eigenvalue weighted by Crippen LogP contribution is -2.53. The Balaban J connectivity index is 1.54. The number of hydrogen-bond donors (Lipinski definition) is 0. The molecule has 8 heteroatoms. The summed E-state index contributed by atoms with van der Waals surface area (Å²) in [5.41, 5.74) is 1.36. The van der Waals surface area contributed by atoms with Gasteiger partial charge in [0.25, 0.3) is 11.5 Å². The number of aromatic nitrogens is 4. The molecule has 7 nitrogen and oxygen atoms in total. The Morgan fingerprint density at radius 3 is 2.69 bits per heavy atom. The summed E-state index contributed by atoms with van der Waals surface area (Å²) >= 11 is 0. The SMILES string of the molecule is Cn1nccc1C(=O)N1CC(n2nc(-c3cccc(F)c3)ccc2=O)C1. The molecule has 2 aromatic heterocycles. The Morgan fingerprint density at radius 1 is 1.19 bits per heavy atom. The minimum Gasteiger partial charge on any atom is -0.333 e. The molecule has 1 fully saturated rings. The van der Waals surface area contributed by atoms with Crippen molar-refractivity contribution >= 4 is 5.91 Å². The lowest BCUT2D eigenvalue weighted by molar-refractivity contribution is 0.0482. The minimum atomic E-state index is -0.362. The zero-order chi connectivity index (χ0) is 18.3. The molecule has 0 unspecified atom stereocenters. The van der Waals surface area contributed by atoms with Crippen molar-refractivity contribution in [1.82, 2.24) is 24.5 Å². The summed E-state index contributed by atoms with van der Waals surface area (Å²) in [6.07, 6.45) is 1.57. The highest BCUT2D eigenvalue weighted by atomic mass is 19.1. The molecule has 1 aromatic carbocycles. The smallest absolute Gasteiger partial charge is 0.272 e. The zero-order valence-electron chi connectivity index (χ0n) is 14.0. The lowest BCUT2D eigenvalue weighted by Gasteiger charge is -2.39. The highest BCUT2D eigenvalue weighted by molar-refractivity contribution is 5.93. The average Bonchev–Trinajstić information content (AvgIpc) is 3.01. The van der Waals surface area contributed by atoms with E-state index in [0.29, 0.717) is 30.0 Å². The van der Waals surface area contributed by atoms with E-state index in [1.165, 1.54) is 27.6 Å². The molecule has 0 saturated carbocycles. The molecule has 1 aliphatic heterocycles. The van der Waals surface area contributed by atoms with Gasteiger partial charge in [0.2, 0.25) is 0 Å². The first-order valence-corrected chi connectivity index (χ1v) is 8.16. The fraction of sp³-hybridized carbons (Fsp3) is 0.222. The van der Waals surface area contributed by atoms with Crippen LogP contribution >= 0.6 is 0 Å². The first kappa shape index (κ1) is 16.2. The Bertz CT molecular complexity index is 1040. The van der Waals surface area contributed by atoms with Gasteiger partial charge in [-0.25, -0.2) is 9.07 Å². The molecule has 132 valence electrons. The van der Waals surface area contributed by atoms with Crippen LogP contribution < -0.4 is 5.56 Å². The van der Waals surface area contributed by atoms with Gasteiger partial charge in [0.15, 0.2) is 0 Å². The average molecular weight is 353 g/mol. The van der Waals surface area contributed by atoms with Crippen LogP contribution in [0.5, 0.6) is 0 Å². The van der Waals surface area contributed by atoms with Gasteiger partial charge in [0.1, 0.15) is 11.5 Å². The summed E-state index contributed by atoms with van der Waals surface area (Å²) < 4.78 is 16.3. The summed E-state index contributed by atoms with van der Waals surface area (Å²) in [6, 6.07) is 10.5. The van der Waals surface area contributed by atoms with E-state index in [1.54, 1.807) is 42.4 Å². The number of carbonyl (C=O) groups excluding carboxylic acids is 1. The van der Waals surface area contributed by atoms with Gasteiger partial charge in [-0.2, -0.15) is 10.2 Å². The van der Waals surface area contributed by atoms with Gasteiger partial charge in [-0.15, -0.1) is 0 Å². The number of hydrogen-bond acceptors (Lipinski definition) is 4. The van der Waals surface area contributed by atoms with E-state index < -0.39 is 0 Å². The molecule has 0 radical (unpaired) electrons. The Kier molecular flexibility index (Phi) is 3.87. The molecular formula is C18H16FN5O2. The van der Waals surface area contributed by atoms with Gasteiger partial charge in [-0.05, 0) is 24.3 Å². The molecule has 0 atom stereocenters. The second-order valence-electron chi connectivity index (χ2n) is 6.22. The third-order valence-corrected chi connectivity index (χ3v) is 4.48. The van der Waals surface area contributed by atoms with Crippen LogP contribution in [0.2, 0.25) is 0 Å². The molecule has 3 aromatic rings. The third kappa shape index (κ3) is 2.79. The second-order valence-corrected chi connectivity index (χ2v) is 6.22. The van der Waals surface area contributed by atoms with Gasteiger partial charge in [-0.1, -0.05) is 12.1 Å². The monoisotopic (exact) mass is 353 g/mol. The number of carbonyl (C=O) groups is 1. The summed E-state index contributed by atoms with van der Waals surface area (Å²) in [6.45, 7) is 0.785. The van der Waals surface area contributed by atoms with E-state index in [0.717, 1.165) is 0 Å². The van der Waals surface area contributed by atoms with Crippen LogP contribution in [0.25, 0.3) is 11.3 Å². The number of halogens is 1. The predicted molar refractivity (Wildman–Crippen MR) is 92.0 cm³/mol. The fourth-order valence-electron chi connectivity index (χ4n) is 3.01. The maximum atomic E-state index is 13.4. The first-order valence-electron chi connectivity index (χ1n) is 8.16. The predicted octanol–water partition coefficient (Wildman–Crippen LogP) is 1.48. The minimum absolute atomic E-state index is 0.129. The van der Waals surface area contributed by atoms with E-state index in [9.17, 15) is 14.0 Å². The Labute approximate surface area is 148 Å². The van der Waals surface area contributed by atoms with Gasteiger partial charge >= 0.3 is 0 Å². The first-order chi connectivity index (χ1) is 12.5. The molecule has 4 rings (SSSR count). The molecular weight excluding hydrogens is 337 g/mol. The van der Waals surface area contributed by atoms with Crippen molar-refractivity contribution in [2.45, 2.75) is 6.04 Å². The van der Waals surface area contributed by atoms with Gasteiger partial charge in [0.05, 0.1) is 11.7 Å². The molecule has 0 aliphatic carbocycles. The van der Waals surface area contributed by atoms with E-state index in [2.05, 4.69) is 10.2 Å². The van der Waals surface area contributed by atoms with Crippen molar-refractivity contribution < 1.29 is 9.18 Å². The molecule has 0 N–H and O–H groups in total. The molecule has 26 heavy (non-hydrogen) atoms. The number of benzene rings is 1. The molecule has 0 spiro atoms. The summed E-state index contributed by atoms with van der Waals surface area (Å²) in [5, 5.41) is 8.35. The van der Waals surface area contributed by atoms with Crippen LogP contribution in [0.15, 0.2) is 53.5 Å². The molecule has 3 heterocycles. The van der Waals surface area contributed by atoms with Crippen LogP contribution in [0.3, 0.4) is 0 Å². The second kappa shape index (κ2) is 6.21. The van der Waals surface area contributed by atoms with Crippen LogP contribution in [0.4, 0.5) is 4.39 Å². The molecule has 0 bridgehead atoms. The van der Waals surface area contributed by atoms with Crippen LogP contribution in [0, 0.1) is 5.82 Å². The van der Waals surface area contributed by atoms with Crippen LogP contribution in [-0.2, 0) is 7.05 Å². The number of rotatable bonds is 3. The highest BCUT2D eigenvalue weighted by Crippen LogP contribution is 2.23. The number of nitrogens with zero attached hydrogens (tertiary/aromatic N) is 5. The van der Waals surface area contributed by atoms with Crippen molar-refractivity contribution in [3.8, 4) is 11.3 Å². The largest absolute Gasteiger partial charge is 0.333 e. The van der Waals surface area contributed by atoms with Crippen molar-refractivity contribution in [3.63, 3.8) is 0 Å². The lowest BCUT2D eigenvalue weighted by atomic mass is 10.1. The normalized spacial score (nSPS) is 14.3. The van der Waals surface area contributed by atoms with Crippen molar-refractivity contribution in [3.05, 3.63) is 70.5 Å². The van der Waals surface area contributed by atoms with E-state index in [1.807, 2.05) is 0 Å². The van der Waals surface area contributed by atoms with Crippen LogP contribution in [-0.4, -0.2) is 43.5 Å².